The number of sulfonamides is 1. The minimum absolute atomic E-state index is 0.180. The zero-order chi connectivity index (χ0) is 14.8. The van der Waals surface area contributed by atoms with E-state index in [9.17, 15) is 26.4 Å². The number of hydrogen-bond donors (Lipinski definition) is 1. The monoisotopic (exact) mass is 297 g/mol. The van der Waals surface area contributed by atoms with Crippen LogP contribution in [0.2, 0.25) is 0 Å². The van der Waals surface area contributed by atoms with Crippen LogP contribution in [-0.2, 0) is 10.0 Å². The molecule has 9 heteroatoms. The number of Topliss-reactive ketones (excluding diaryl/α,β-unsaturated/α-hetero) is 1. The van der Waals surface area contributed by atoms with E-state index in [0.717, 1.165) is 19.2 Å². The number of benzene rings is 1. The first-order valence-corrected chi connectivity index (χ1v) is 6.35. The molecule has 0 aliphatic heterocycles. The van der Waals surface area contributed by atoms with Crippen LogP contribution in [0.3, 0.4) is 0 Å². The summed E-state index contributed by atoms with van der Waals surface area (Å²) in [5.74, 6) is -0.510. The first-order valence-electron chi connectivity index (χ1n) is 4.86. The molecule has 0 saturated heterocycles. The van der Waals surface area contributed by atoms with Crippen molar-refractivity contribution in [3.05, 3.63) is 23.8 Å². The molecule has 1 rings (SSSR count). The lowest BCUT2D eigenvalue weighted by Gasteiger charge is -2.13. The maximum absolute atomic E-state index is 12.2. The number of ether oxygens (including phenoxy) is 1. The molecule has 1 aromatic carbocycles. The molecule has 0 bridgehead atoms. The van der Waals surface area contributed by atoms with Gasteiger partial charge in [0.1, 0.15) is 5.75 Å². The van der Waals surface area contributed by atoms with Crippen molar-refractivity contribution in [2.45, 2.75) is 12.4 Å². The minimum atomic E-state index is -5.53. The molecule has 19 heavy (non-hydrogen) atoms. The van der Waals surface area contributed by atoms with Crippen LogP contribution in [0.1, 0.15) is 17.3 Å². The molecule has 1 aromatic rings. The maximum atomic E-state index is 12.2. The fourth-order valence-corrected chi connectivity index (χ4v) is 1.77. The van der Waals surface area contributed by atoms with Crippen LogP contribution in [0.25, 0.3) is 0 Å². The average molecular weight is 297 g/mol. The SMILES string of the molecule is COc1cc(C(C)=O)ccc1NS(=O)(=O)C(F)(F)F. The second-order valence-corrected chi connectivity index (χ2v) is 5.20. The van der Waals surface area contributed by atoms with Crippen molar-refractivity contribution >= 4 is 21.5 Å². The molecule has 0 amide bonds. The topological polar surface area (TPSA) is 72.5 Å². The fraction of sp³-hybridized carbons (Fsp3) is 0.300. The minimum Gasteiger partial charge on any atom is -0.495 e. The van der Waals surface area contributed by atoms with Crippen molar-refractivity contribution in [2.24, 2.45) is 0 Å². The predicted octanol–water partition coefficient (Wildman–Crippen LogP) is 2.16. The Bertz CT molecular complexity index is 595. The van der Waals surface area contributed by atoms with Crippen LogP contribution in [0, 0.1) is 0 Å². The van der Waals surface area contributed by atoms with Gasteiger partial charge in [-0.3, -0.25) is 9.52 Å². The average Bonchev–Trinajstić information content (AvgIpc) is 2.27. The summed E-state index contributed by atoms with van der Waals surface area (Å²) in [5, 5.41) is 0. The first-order chi connectivity index (χ1) is 8.58. The fourth-order valence-electron chi connectivity index (χ4n) is 1.20. The third-order valence-corrected chi connectivity index (χ3v) is 3.26. The molecule has 0 aromatic heterocycles. The van der Waals surface area contributed by atoms with Crippen molar-refractivity contribution in [3.8, 4) is 5.75 Å². The van der Waals surface area contributed by atoms with Gasteiger partial charge < -0.3 is 4.74 Å². The standard InChI is InChI=1S/C10H10F3NO4S/c1-6(15)7-3-4-8(9(5-7)18-2)14-19(16,17)10(11,12)13/h3-5,14H,1-2H3. The van der Waals surface area contributed by atoms with Crippen molar-refractivity contribution in [1.82, 2.24) is 0 Å². The highest BCUT2D eigenvalue weighted by molar-refractivity contribution is 7.93. The molecule has 0 fully saturated rings. The van der Waals surface area contributed by atoms with E-state index in [4.69, 9.17) is 4.74 Å². The van der Waals surface area contributed by atoms with Crippen LogP contribution < -0.4 is 9.46 Å². The first kappa shape index (κ1) is 15.3. The van der Waals surface area contributed by atoms with Gasteiger partial charge in [-0.1, -0.05) is 0 Å². The van der Waals surface area contributed by atoms with Crippen LogP contribution in [0.5, 0.6) is 5.75 Å². The van der Waals surface area contributed by atoms with Gasteiger partial charge in [0.05, 0.1) is 12.8 Å². The summed E-state index contributed by atoms with van der Waals surface area (Å²) in [6.07, 6.45) is 0. The van der Waals surface area contributed by atoms with E-state index in [1.807, 2.05) is 0 Å². The van der Waals surface area contributed by atoms with Crippen LogP contribution >= 0.6 is 0 Å². The number of ketones is 1. The van der Waals surface area contributed by atoms with Gasteiger partial charge in [-0.05, 0) is 25.1 Å². The highest BCUT2D eigenvalue weighted by Crippen LogP contribution is 2.31. The number of carbonyl (C=O) groups is 1. The van der Waals surface area contributed by atoms with E-state index >= 15 is 0 Å². The van der Waals surface area contributed by atoms with Crippen LogP contribution in [-0.4, -0.2) is 26.8 Å². The van der Waals surface area contributed by atoms with Crippen molar-refractivity contribution < 1.29 is 31.1 Å². The van der Waals surface area contributed by atoms with Crippen molar-refractivity contribution in [1.29, 1.82) is 0 Å². The Morgan fingerprint density at radius 2 is 1.89 bits per heavy atom. The Balaban J connectivity index is 3.20. The molecule has 0 heterocycles. The Morgan fingerprint density at radius 3 is 2.32 bits per heavy atom. The molecular formula is C10H10F3NO4S. The summed E-state index contributed by atoms with van der Waals surface area (Å²) in [6.45, 7) is 1.26. The van der Waals surface area contributed by atoms with E-state index in [0.29, 0.717) is 0 Å². The predicted molar refractivity (Wildman–Crippen MR) is 61.6 cm³/mol. The number of anilines is 1. The maximum Gasteiger partial charge on any atom is 0.516 e. The normalized spacial score (nSPS) is 12.1. The second kappa shape index (κ2) is 5.08. The summed E-state index contributed by atoms with van der Waals surface area (Å²) in [6, 6.07) is 3.37. The van der Waals surface area contributed by atoms with Gasteiger partial charge in [-0.25, -0.2) is 0 Å². The highest BCUT2D eigenvalue weighted by atomic mass is 32.2. The van der Waals surface area contributed by atoms with Crippen molar-refractivity contribution in [2.75, 3.05) is 11.8 Å². The van der Waals surface area contributed by atoms with Gasteiger partial charge in [0, 0.05) is 5.56 Å². The van der Waals surface area contributed by atoms with Gasteiger partial charge in [-0.2, -0.15) is 21.6 Å². The molecule has 0 saturated carbocycles. The second-order valence-electron chi connectivity index (χ2n) is 3.52. The molecule has 0 unspecified atom stereocenters. The summed E-state index contributed by atoms with van der Waals surface area (Å²) >= 11 is 0. The Kier molecular flexibility index (Phi) is 4.09. The van der Waals surface area contributed by atoms with E-state index in [-0.39, 0.29) is 17.1 Å². The quantitative estimate of drug-likeness (QED) is 0.864. The lowest BCUT2D eigenvalue weighted by atomic mass is 10.1. The zero-order valence-corrected chi connectivity index (χ0v) is 10.7. The van der Waals surface area contributed by atoms with Crippen molar-refractivity contribution in [3.63, 3.8) is 0 Å². The Labute approximate surface area is 107 Å². The molecule has 0 radical (unpaired) electrons. The van der Waals surface area contributed by atoms with Crippen LogP contribution in [0.15, 0.2) is 18.2 Å². The van der Waals surface area contributed by atoms with E-state index < -0.39 is 21.2 Å². The molecule has 106 valence electrons. The number of hydrogen-bond acceptors (Lipinski definition) is 4. The molecule has 0 aliphatic rings. The molecule has 0 aliphatic carbocycles. The third kappa shape index (κ3) is 3.37. The van der Waals surface area contributed by atoms with E-state index in [2.05, 4.69) is 0 Å². The van der Waals surface area contributed by atoms with Crippen LogP contribution in [0.4, 0.5) is 18.9 Å². The molecule has 0 spiro atoms. The summed E-state index contributed by atoms with van der Waals surface area (Å²) in [4.78, 5) is 11.1. The summed E-state index contributed by atoms with van der Waals surface area (Å²) in [7, 11) is -4.39. The van der Waals surface area contributed by atoms with Gasteiger partial charge in [-0.15, -0.1) is 0 Å². The zero-order valence-electron chi connectivity index (χ0n) is 9.91. The molecular weight excluding hydrogens is 287 g/mol. The summed E-state index contributed by atoms with van der Waals surface area (Å²) in [5.41, 5.74) is -5.64. The molecule has 5 nitrogen and oxygen atoms in total. The van der Waals surface area contributed by atoms with Gasteiger partial charge in [0.2, 0.25) is 0 Å². The van der Waals surface area contributed by atoms with Gasteiger partial charge in [0.25, 0.3) is 0 Å². The number of carbonyl (C=O) groups excluding carboxylic acids is 1. The molecule has 0 atom stereocenters. The lowest BCUT2D eigenvalue weighted by molar-refractivity contribution is -0.0429. The molecule has 1 N–H and O–H groups in total. The number of halogens is 3. The Morgan fingerprint density at radius 1 is 1.32 bits per heavy atom. The highest BCUT2D eigenvalue weighted by Gasteiger charge is 2.46. The van der Waals surface area contributed by atoms with Gasteiger partial charge >= 0.3 is 15.5 Å². The number of nitrogens with one attached hydrogen (secondary N) is 1. The summed E-state index contributed by atoms with van der Waals surface area (Å²) < 4.78 is 64.7. The smallest absolute Gasteiger partial charge is 0.495 e. The van der Waals surface area contributed by atoms with E-state index in [1.165, 1.54) is 17.7 Å². The largest absolute Gasteiger partial charge is 0.516 e. The van der Waals surface area contributed by atoms with E-state index in [1.54, 1.807) is 0 Å². The Hall–Kier alpha value is -1.77. The number of rotatable bonds is 4. The third-order valence-electron chi connectivity index (χ3n) is 2.16. The number of alkyl halides is 3. The van der Waals surface area contributed by atoms with Gasteiger partial charge in [0.15, 0.2) is 5.78 Å². The number of methoxy groups -OCH3 is 1. The lowest BCUT2D eigenvalue weighted by Crippen LogP contribution is -2.30.